The molecule has 3 heterocycles. The highest BCUT2D eigenvalue weighted by molar-refractivity contribution is 7.99. The van der Waals surface area contributed by atoms with Crippen molar-refractivity contribution < 1.29 is 28.8 Å². The number of pyridine rings is 1. The summed E-state index contributed by atoms with van der Waals surface area (Å²) in [5, 5.41) is 47.6. The van der Waals surface area contributed by atoms with Crippen LogP contribution in [-0.4, -0.2) is 65.7 Å². The lowest BCUT2D eigenvalue weighted by Crippen LogP contribution is -2.55. The van der Waals surface area contributed by atoms with E-state index in [4.69, 9.17) is 33.2 Å². The van der Waals surface area contributed by atoms with Crippen LogP contribution in [0, 0.1) is 23.0 Å². The summed E-state index contributed by atoms with van der Waals surface area (Å²) in [6, 6.07) is 4.14. The molecular weight excluding hydrogens is 515 g/mol. The molecule has 178 valence electrons. The van der Waals surface area contributed by atoms with Gasteiger partial charge in [0.05, 0.1) is 17.8 Å². The Labute approximate surface area is 205 Å². The molecular formula is C20H15Cl2F2N5O4S. The Morgan fingerprint density at radius 1 is 1.18 bits per heavy atom. The van der Waals surface area contributed by atoms with E-state index in [9.17, 15) is 24.1 Å². The van der Waals surface area contributed by atoms with E-state index in [-0.39, 0.29) is 22.0 Å². The summed E-state index contributed by atoms with van der Waals surface area (Å²) < 4.78 is 34.5. The zero-order chi connectivity index (χ0) is 24.6. The van der Waals surface area contributed by atoms with Gasteiger partial charge in [0.25, 0.3) is 0 Å². The normalized spacial score (nSPS) is 24.7. The Morgan fingerprint density at radius 3 is 2.50 bits per heavy atom. The quantitative estimate of drug-likeness (QED) is 0.425. The molecule has 1 aromatic carbocycles. The number of hydrogen-bond acceptors (Lipinski definition) is 9. The first-order valence-electron chi connectivity index (χ1n) is 9.65. The van der Waals surface area contributed by atoms with E-state index in [1.165, 1.54) is 18.5 Å². The molecule has 34 heavy (non-hydrogen) atoms. The average molecular weight is 530 g/mol. The fourth-order valence-electron chi connectivity index (χ4n) is 3.44. The van der Waals surface area contributed by atoms with Gasteiger partial charge in [0.1, 0.15) is 58.2 Å². The third-order valence-corrected chi connectivity index (χ3v) is 6.88. The molecule has 0 spiro atoms. The van der Waals surface area contributed by atoms with Crippen molar-refractivity contribution in [2.75, 3.05) is 6.61 Å². The minimum atomic E-state index is -1.40. The molecule has 2 unspecified atom stereocenters. The molecule has 1 aliphatic rings. The molecule has 0 aliphatic carbocycles. The van der Waals surface area contributed by atoms with Gasteiger partial charge in [-0.2, -0.15) is 5.26 Å². The SMILES string of the molecule is N#Cc1ncc(S[C@H]2OC(CO)[C@H](O)[C@H](n3cc(-c4cc(F)c(Cl)c(F)c4)nn3)C2O)cc1Cl. The van der Waals surface area contributed by atoms with Crippen LogP contribution in [-0.2, 0) is 4.74 Å². The molecule has 3 N–H and O–H groups in total. The lowest BCUT2D eigenvalue weighted by molar-refractivity contribution is -0.178. The van der Waals surface area contributed by atoms with Gasteiger partial charge >= 0.3 is 0 Å². The number of aromatic nitrogens is 4. The van der Waals surface area contributed by atoms with Gasteiger partial charge in [0.2, 0.25) is 0 Å². The zero-order valence-corrected chi connectivity index (χ0v) is 19.2. The molecule has 4 rings (SSSR count). The van der Waals surface area contributed by atoms with Crippen molar-refractivity contribution in [3.05, 3.63) is 58.0 Å². The molecule has 5 atom stereocenters. The van der Waals surface area contributed by atoms with Crippen LogP contribution in [0.4, 0.5) is 8.78 Å². The molecule has 1 aliphatic heterocycles. The number of benzene rings is 1. The van der Waals surface area contributed by atoms with E-state index in [0.29, 0.717) is 4.90 Å². The first kappa shape index (κ1) is 24.7. The first-order valence-corrected chi connectivity index (χ1v) is 11.3. The molecule has 9 nitrogen and oxygen atoms in total. The van der Waals surface area contributed by atoms with Gasteiger partial charge in [-0.25, -0.2) is 18.4 Å². The Morgan fingerprint density at radius 2 is 1.88 bits per heavy atom. The molecule has 2 aromatic heterocycles. The molecule has 0 radical (unpaired) electrons. The molecule has 0 bridgehead atoms. The number of halogens is 4. The number of aliphatic hydroxyl groups excluding tert-OH is 3. The molecule has 3 aromatic rings. The van der Waals surface area contributed by atoms with Gasteiger partial charge in [0, 0.05) is 16.7 Å². The largest absolute Gasteiger partial charge is 0.394 e. The van der Waals surface area contributed by atoms with Crippen molar-refractivity contribution in [1.82, 2.24) is 20.0 Å². The number of nitrogens with zero attached hydrogens (tertiary/aromatic N) is 5. The summed E-state index contributed by atoms with van der Waals surface area (Å²) in [6.45, 7) is -0.566. The van der Waals surface area contributed by atoms with Crippen molar-refractivity contribution in [1.29, 1.82) is 5.26 Å². The number of rotatable bonds is 5. The highest BCUT2D eigenvalue weighted by Gasteiger charge is 2.46. The lowest BCUT2D eigenvalue weighted by atomic mass is 9.97. The number of ether oxygens (including phenoxy) is 1. The highest BCUT2D eigenvalue weighted by Crippen LogP contribution is 2.39. The van der Waals surface area contributed by atoms with E-state index >= 15 is 0 Å². The maximum Gasteiger partial charge on any atom is 0.159 e. The monoisotopic (exact) mass is 529 g/mol. The van der Waals surface area contributed by atoms with Crippen LogP contribution in [0.1, 0.15) is 11.7 Å². The maximum absolute atomic E-state index is 13.9. The van der Waals surface area contributed by atoms with Gasteiger partial charge in [-0.3, -0.25) is 0 Å². The predicted molar refractivity (Wildman–Crippen MR) is 117 cm³/mol. The lowest BCUT2D eigenvalue weighted by Gasteiger charge is -2.41. The van der Waals surface area contributed by atoms with Crippen molar-refractivity contribution in [3.8, 4) is 17.3 Å². The summed E-state index contributed by atoms with van der Waals surface area (Å²) in [5.41, 5.74) is -0.866. The Balaban J connectivity index is 1.63. The van der Waals surface area contributed by atoms with Crippen LogP contribution in [0.25, 0.3) is 11.3 Å². The second kappa shape index (κ2) is 10.1. The molecule has 0 amide bonds. The highest BCUT2D eigenvalue weighted by atomic mass is 35.5. The van der Waals surface area contributed by atoms with Crippen molar-refractivity contribution in [2.24, 2.45) is 0 Å². The van der Waals surface area contributed by atoms with Crippen LogP contribution < -0.4 is 0 Å². The minimum Gasteiger partial charge on any atom is -0.394 e. The van der Waals surface area contributed by atoms with Crippen LogP contribution in [0.5, 0.6) is 0 Å². The summed E-state index contributed by atoms with van der Waals surface area (Å²) in [6.07, 6.45) is -1.19. The molecule has 1 saturated heterocycles. The van der Waals surface area contributed by atoms with Gasteiger partial charge < -0.3 is 20.1 Å². The summed E-state index contributed by atoms with van der Waals surface area (Å²) in [4.78, 5) is 4.39. The fourth-order valence-corrected chi connectivity index (χ4v) is 4.89. The third-order valence-electron chi connectivity index (χ3n) is 5.12. The van der Waals surface area contributed by atoms with Crippen LogP contribution in [0.15, 0.2) is 35.5 Å². The standard InChI is InChI=1S/C20H15Cl2F2N5O4S/c21-10-3-9(5-26-13(10)4-25)34-20-19(32)17(18(31)15(7-30)33-20)29-6-14(27-28-29)8-1-11(23)16(22)12(24)2-8/h1-3,5-6,15,17-20,30-32H,7H2/t15?,17-,18-,19?,20+/m0/s1. The van der Waals surface area contributed by atoms with E-state index in [1.807, 2.05) is 6.07 Å². The van der Waals surface area contributed by atoms with E-state index in [0.717, 1.165) is 28.6 Å². The number of aliphatic hydroxyl groups is 3. The first-order chi connectivity index (χ1) is 16.2. The number of hydrogen-bond donors (Lipinski definition) is 3. The molecule has 0 saturated carbocycles. The summed E-state index contributed by atoms with van der Waals surface area (Å²) >= 11 is 12.5. The smallest absolute Gasteiger partial charge is 0.159 e. The Bertz CT molecular complexity index is 1240. The van der Waals surface area contributed by atoms with Gasteiger partial charge in [-0.15, -0.1) is 5.10 Å². The van der Waals surface area contributed by atoms with Crippen LogP contribution in [0.3, 0.4) is 0 Å². The maximum atomic E-state index is 13.9. The summed E-state index contributed by atoms with van der Waals surface area (Å²) in [5.74, 6) is -1.97. The van der Waals surface area contributed by atoms with Gasteiger partial charge in [-0.1, -0.05) is 40.2 Å². The fraction of sp³-hybridized carbons (Fsp3) is 0.300. The molecule has 1 fully saturated rings. The predicted octanol–water partition coefficient (Wildman–Crippen LogP) is 2.57. The van der Waals surface area contributed by atoms with E-state index in [2.05, 4.69) is 15.3 Å². The minimum absolute atomic E-state index is 0.0304. The van der Waals surface area contributed by atoms with Gasteiger partial charge in [-0.05, 0) is 18.2 Å². The number of thioether (sulfide) groups is 1. The van der Waals surface area contributed by atoms with Crippen molar-refractivity contribution >= 4 is 35.0 Å². The van der Waals surface area contributed by atoms with Crippen molar-refractivity contribution in [3.63, 3.8) is 0 Å². The van der Waals surface area contributed by atoms with Gasteiger partial charge in [0.15, 0.2) is 5.69 Å². The Kier molecular flexibility index (Phi) is 7.34. The zero-order valence-electron chi connectivity index (χ0n) is 16.9. The second-order valence-corrected chi connectivity index (χ2v) is 9.22. The van der Waals surface area contributed by atoms with E-state index in [1.54, 1.807) is 0 Å². The average Bonchev–Trinajstić information content (AvgIpc) is 3.29. The third kappa shape index (κ3) is 4.73. The topological polar surface area (TPSA) is 137 Å². The summed E-state index contributed by atoms with van der Waals surface area (Å²) in [7, 11) is 0. The van der Waals surface area contributed by atoms with Crippen molar-refractivity contribution in [2.45, 2.75) is 34.7 Å². The Hall–Kier alpha value is -2.37. The number of nitriles is 1. The van der Waals surface area contributed by atoms with E-state index < -0.39 is 53.1 Å². The van der Waals surface area contributed by atoms with Crippen LogP contribution in [0.2, 0.25) is 10.0 Å². The molecule has 14 heteroatoms. The van der Waals surface area contributed by atoms with Crippen LogP contribution >= 0.6 is 35.0 Å². The second-order valence-electron chi connectivity index (χ2n) is 7.27.